The van der Waals surface area contributed by atoms with Crippen molar-refractivity contribution in [3.8, 4) is 5.75 Å². The highest BCUT2D eigenvalue weighted by atomic mass is 35.5. The lowest BCUT2D eigenvalue weighted by Crippen LogP contribution is -2.39. The van der Waals surface area contributed by atoms with Gasteiger partial charge in [-0.05, 0) is 23.8 Å². The molecule has 2 aromatic rings. The summed E-state index contributed by atoms with van der Waals surface area (Å²) in [7, 11) is 0. The van der Waals surface area contributed by atoms with Gasteiger partial charge in [-0.15, -0.1) is 12.4 Å². The van der Waals surface area contributed by atoms with Crippen LogP contribution in [0.25, 0.3) is 0 Å². The molecular weight excluding hydrogens is 425 g/mol. The van der Waals surface area contributed by atoms with E-state index in [1.165, 1.54) is 0 Å². The maximum Gasteiger partial charge on any atom is 0.304 e. The number of rotatable bonds is 7. The van der Waals surface area contributed by atoms with E-state index in [-0.39, 0.29) is 24.9 Å². The van der Waals surface area contributed by atoms with Gasteiger partial charge in [-0.2, -0.15) is 0 Å². The Morgan fingerprint density at radius 1 is 1.21 bits per heavy atom. The molecule has 0 radical (unpaired) electrons. The molecule has 1 aliphatic heterocycles. The van der Waals surface area contributed by atoms with Crippen LogP contribution < -0.4 is 4.74 Å². The second-order valence-electron chi connectivity index (χ2n) is 6.37. The summed E-state index contributed by atoms with van der Waals surface area (Å²) in [5.41, 5.74) is 1.88. The van der Waals surface area contributed by atoms with Crippen LogP contribution in [0.3, 0.4) is 0 Å². The van der Waals surface area contributed by atoms with Crippen molar-refractivity contribution in [2.45, 2.75) is 19.1 Å². The van der Waals surface area contributed by atoms with Gasteiger partial charge in [0, 0.05) is 25.2 Å². The number of benzene rings is 2. The van der Waals surface area contributed by atoms with E-state index in [1.807, 2.05) is 36.4 Å². The minimum absolute atomic E-state index is 0. The molecule has 152 valence electrons. The fourth-order valence-electron chi connectivity index (χ4n) is 2.96. The molecule has 0 saturated carbocycles. The number of halogens is 3. The van der Waals surface area contributed by atoms with Crippen LogP contribution in [0, 0.1) is 0 Å². The Hall–Kier alpha value is -1.50. The Bertz CT molecular complexity index is 786. The van der Waals surface area contributed by atoms with E-state index in [2.05, 4.69) is 4.90 Å². The summed E-state index contributed by atoms with van der Waals surface area (Å²) in [5.74, 6) is -0.0484. The lowest BCUT2D eigenvalue weighted by molar-refractivity contribution is -0.137. The first-order valence-corrected chi connectivity index (χ1v) is 9.50. The van der Waals surface area contributed by atoms with Gasteiger partial charge in [0.25, 0.3) is 0 Å². The number of carboxylic acid groups (broad SMARTS) is 1. The first kappa shape index (κ1) is 22.8. The molecule has 28 heavy (non-hydrogen) atoms. The average Bonchev–Trinajstić information content (AvgIpc) is 2.68. The van der Waals surface area contributed by atoms with Crippen molar-refractivity contribution < 1.29 is 19.4 Å². The van der Waals surface area contributed by atoms with Gasteiger partial charge < -0.3 is 14.6 Å². The minimum Gasteiger partial charge on any atom is -0.489 e. The van der Waals surface area contributed by atoms with E-state index in [4.69, 9.17) is 37.8 Å². The highest BCUT2D eigenvalue weighted by molar-refractivity contribution is 6.42. The number of hydrogen-bond donors (Lipinski definition) is 1. The highest BCUT2D eigenvalue weighted by Crippen LogP contribution is 2.28. The van der Waals surface area contributed by atoms with Crippen molar-refractivity contribution in [2.24, 2.45) is 0 Å². The summed E-state index contributed by atoms with van der Waals surface area (Å²) in [6.45, 7) is 2.91. The van der Waals surface area contributed by atoms with E-state index < -0.39 is 5.97 Å². The molecule has 1 fully saturated rings. The molecule has 5 nitrogen and oxygen atoms in total. The number of morpholine rings is 1. The lowest BCUT2D eigenvalue weighted by atomic mass is 10.1. The average molecular weight is 447 g/mol. The van der Waals surface area contributed by atoms with E-state index in [1.54, 1.807) is 6.07 Å². The van der Waals surface area contributed by atoms with Gasteiger partial charge in [-0.25, -0.2) is 0 Å². The first-order chi connectivity index (χ1) is 13.0. The van der Waals surface area contributed by atoms with Gasteiger partial charge in [0.2, 0.25) is 0 Å². The summed E-state index contributed by atoms with van der Waals surface area (Å²) in [6.07, 6.45) is 0.0786. The largest absolute Gasteiger partial charge is 0.489 e. The van der Waals surface area contributed by atoms with Crippen molar-refractivity contribution in [3.05, 3.63) is 63.6 Å². The summed E-state index contributed by atoms with van der Waals surface area (Å²) < 4.78 is 11.6. The molecule has 0 aromatic heterocycles. The molecule has 0 aliphatic carbocycles. The second-order valence-corrected chi connectivity index (χ2v) is 7.16. The van der Waals surface area contributed by atoms with Gasteiger partial charge in [-0.1, -0.05) is 47.5 Å². The van der Waals surface area contributed by atoms with E-state index in [9.17, 15) is 4.79 Å². The Morgan fingerprint density at radius 3 is 2.68 bits per heavy atom. The molecule has 3 rings (SSSR count). The van der Waals surface area contributed by atoms with Crippen LogP contribution in [-0.4, -0.2) is 42.2 Å². The lowest BCUT2D eigenvalue weighted by Gasteiger charge is -2.32. The molecule has 1 aliphatic rings. The Kier molecular flexibility index (Phi) is 8.86. The number of nitrogens with zero attached hydrogens (tertiary/aromatic N) is 1. The molecule has 1 unspecified atom stereocenters. The van der Waals surface area contributed by atoms with Gasteiger partial charge in [0.05, 0.1) is 29.2 Å². The highest BCUT2D eigenvalue weighted by Gasteiger charge is 2.22. The smallest absolute Gasteiger partial charge is 0.304 e. The molecule has 2 aromatic carbocycles. The normalized spacial score (nSPS) is 17.0. The molecule has 1 heterocycles. The molecule has 1 atom stereocenters. The van der Waals surface area contributed by atoms with Crippen LogP contribution in [-0.2, 0) is 16.1 Å². The fourth-order valence-corrected chi connectivity index (χ4v) is 3.34. The van der Waals surface area contributed by atoms with Crippen molar-refractivity contribution in [1.29, 1.82) is 0 Å². The van der Waals surface area contributed by atoms with Crippen LogP contribution in [0.5, 0.6) is 5.75 Å². The van der Waals surface area contributed by atoms with Crippen LogP contribution >= 0.6 is 35.6 Å². The third kappa shape index (κ3) is 6.26. The summed E-state index contributed by atoms with van der Waals surface area (Å²) in [6, 6.07) is 13.2. The molecule has 0 amide bonds. The summed E-state index contributed by atoms with van der Waals surface area (Å²) >= 11 is 12.2. The Labute approximate surface area is 180 Å². The van der Waals surface area contributed by atoms with E-state index >= 15 is 0 Å². The number of carbonyl (C=O) groups is 1. The summed E-state index contributed by atoms with van der Waals surface area (Å²) in [5, 5.41) is 9.85. The number of hydrogen-bond acceptors (Lipinski definition) is 4. The van der Waals surface area contributed by atoms with Crippen molar-refractivity contribution in [1.82, 2.24) is 4.90 Å². The fraction of sp³-hybridized carbons (Fsp3) is 0.350. The quantitative estimate of drug-likeness (QED) is 0.659. The number of carboxylic acids is 1. The Balaban J connectivity index is 0.00000280. The van der Waals surface area contributed by atoms with Gasteiger partial charge >= 0.3 is 5.97 Å². The van der Waals surface area contributed by atoms with E-state index in [0.29, 0.717) is 36.3 Å². The molecule has 0 bridgehead atoms. The van der Waals surface area contributed by atoms with Gasteiger partial charge in [-0.3, -0.25) is 9.69 Å². The number of aliphatic carboxylic acids is 1. The second kappa shape index (κ2) is 10.9. The third-order valence-corrected chi connectivity index (χ3v) is 5.33. The van der Waals surface area contributed by atoms with Crippen LogP contribution in [0.4, 0.5) is 0 Å². The third-order valence-electron chi connectivity index (χ3n) is 4.47. The topological polar surface area (TPSA) is 59.0 Å². The zero-order valence-electron chi connectivity index (χ0n) is 15.1. The predicted octanol–water partition coefficient (Wildman–Crippen LogP) is 4.84. The molecule has 1 saturated heterocycles. The molecule has 8 heteroatoms. The van der Waals surface area contributed by atoms with Crippen molar-refractivity contribution in [3.63, 3.8) is 0 Å². The van der Waals surface area contributed by atoms with Crippen LogP contribution in [0.15, 0.2) is 42.5 Å². The zero-order valence-corrected chi connectivity index (χ0v) is 17.5. The van der Waals surface area contributed by atoms with Crippen LogP contribution in [0.1, 0.15) is 23.7 Å². The SMILES string of the molecule is Cl.O=C(O)CCN1CCOC(c2ccc(OCc3cccc(Cl)c3Cl)cc2)C1. The molecule has 0 spiro atoms. The van der Waals surface area contributed by atoms with Crippen molar-refractivity contribution in [2.75, 3.05) is 26.2 Å². The minimum atomic E-state index is -0.778. The molecule has 1 N–H and O–H groups in total. The first-order valence-electron chi connectivity index (χ1n) is 8.74. The van der Waals surface area contributed by atoms with Gasteiger partial charge in [0.15, 0.2) is 0 Å². The van der Waals surface area contributed by atoms with E-state index in [0.717, 1.165) is 23.4 Å². The summed E-state index contributed by atoms with van der Waals surface area (Å²) in [4.78, 5) is 12.9. The number of ether oxygens (including phenoxy) is 2. The van der Waals surface area contributed by atoms with Crippen LogP contribution in [0.2, 0.25) is 10.0 Å². The Morgan fingerprint density at radius 2 is 1.96 bits per heavy atom. The maximum absolute atomic E-state index is 10.7. The predicted molar refractivity (Wildman–Crippen MR) is 112 cm³/mol. The van der Waals surface area contributed by atoms with Crippen molar-refractivity contribution >= 4 is 41.6 Å². The maximum atomic E-state index is 10.7. The van der Waals surface area contributed by atoms with Gasteiger partial charge in [0.1, 0.15) is 12.4 Å². The molecular formula is C20H22Cl3NO4. The zero-order chi connectivity index (χ0) is 19.2. The standard InChI is InChI=1S/C20H21Cl2NO4.ClH/c21-17-3-1-2-15(20(17)22)13-27-16-6-4-14(5-7-16)18-12-23(10-11-26-18)9-8-19(24)25;/h1-7,18H,8-13H2,(H,24,25);1H. The monoisotopic (exact) mass is 445 g/mol.